The van der Waals surface area contributed by atoms with Gasteiger partial charge in [0.25, 0.3) is 0 Å². The monoisotopic (exact) mass is 310 g/mol. The standard InChI is InChI=1S/C22H18N2/c1-15-11-13-17(14-12-15)21-22(18-8-4-3-7-16(18)2)24-20-10-6-5-9-19(20)23-21/h3-14H,1-2H3. The molecule has 0 aliphatic heterocycles. The maximum atomic E-state index is 4.94. The van der Waals surface area contributed by atoms with Crippen molar-refractivity contribution in [3.05, 3.63) is 83.9 Å². The molecule has 0 atom stereocenters. The van der Waals surface area contributed by atoms with E-state index in [-0.39, 0.29) is 0 Å². The highest BCUT2D eigenvalue weighted by Crippen LogP contribution is 2.32. The van der Waals surface area contributed by atoms with Gasteiger partial charge < -0.3 is 0 Å². The van der Waals surface area contributed by atoms with Crippen molar-refractivity contribution in [2.75, 3.05) is 0 Å². The summed E-state index contributed by atoms with van der Waals surface area (Å²) in [5.41, 5.74) is 8.39. The fourth-order valence-corrected chi connectivity index (χ4v) is 2.94. The van der Waals surface area contributed by atoms with E-state index in [0.29, 0.717) is 0 Å². The van der Waals surface area contributed by atoms with E-state index in [4.69, 9.17) is 9.97 Å². The van der Waals surface area contributed by atoms with Crippen LogP contribution in [-0.2, 0) is 0 Å². The van der Waals surface area contributed by atoms with Crippen LogP contribution in [0.4, 0.5) is 0 Å². The third-order valence-corrected chi connectivity index (χ3v) is 4.30. The summed E-state index contributed by atoms with van der Waals surface area (Å²) in [7, 11) is 0. The number of para-hydroxylation sites is 2. The lowest BCUT2D eigenvalue weighted by Crippen LogP contribution is -1.96. The smallest absolute Gasteiger partial charge is 0.0975 e. The summed E-state index contributed by atoms with van der Waals surface area (Å²) in [6.07, 6.45) is 0. The minimum Gasteiger partial charge on any atom is -0.244 e. The molecule has 0 saturated carbocycles. The Labute approximate surface area is 141 Å². The predicted molar refractivity (Wildman–Crippen MR) is 99.9 cm³/mol. The molecule has 1 heterocycles. The van der Waals surface area contributed by atoms with Gasteiger partial charge >= 0.3 is 0 Å². The minimum atomic E-state index is 0.922. The summed E-state index contributed by atoms with van der Waals surface area (Å²) in [6.45, 7) is 4.21. The van der Waals surface area contributed by atoms with Gasteiger partial charge in [-0.3, -0.25) is 0 Å². The Morgan fingerprint density at radius 1 is 0.583 bits per heavy atom. The van der Waals surface area contributed by atoms with Crippen LogP contribution in [0.2, 0.25) is 0 Å². The van der Waals surface area contributed by atoms with Crippen LogP contribution >= 0.6 is 0 Å². The molecule has 1 aromatic heterocycles. The Morgan fingerprint density at radius 3 is 1.83 bits per heavy atom. The van der Waals surface area contributed by atoms with Gasteiger partial charge in [0.2, 0.25) is 0 Å². The second-order valence-corrected chi connectivity index (χ2v) is 6.09. The first-order valence-electron chi connectivity index (χ1n) is 8.12. The van der Waals surface area contributed by atoms with Crippen molar-refractivity contribution in [2.45, 2.75) is 13.8 Å². The minimum absolute atomic E-state index is 0.922. The molecule has 0 spiro atoms. The molecular formula is C22H18N2. The van der Waals surface area contributed by atoms with Crippen molar-refractivity contribution in [2.24, 2.45) is 0 Å². The number of hydrogen-bond acceptors (Lipinski definition) is 2. The molecule has 4 rings (SSSR count). The van der Waals surface area contributed by atoms with E-state index in [2.05, 4.69) is 62.4 Å². The van der Waals surface area contributed by atoms with Crippen molar-refractivity contribution in [3.63, 3.8) is 0 Å². The van der Waals surface area contributed by atoms with Crippen molar-refractivity contribution < 1.29 is 0 Å². The number of aromatic nitrogens is 2. The van der Waals surface area contributed by atoms with Gasteiger partial charge in [-0.2, -0.15) is 0 Å². The van der Waals surface area contributed by atoms with Gasteiger partial charge in [0.05, 0.1) is 22.4 Å². The maximum absolute atomic E-state index is 4.94. The first-order chi connectivity index (χ1) is 11.7. The average Bonchev–Trinajstić information content (AvgIpc) is 2.62. The number of hydrogen-bond donors (Lipinski definition) is 0. The predicted octanol–water partition coefficient (Wildman–Crippen LogP) is 5.58. The fourth-order valence-electron chi connectivity index (χ4n) is 2.94. The molecule has 0 radical (unpaired) electrons. The molecule has 0 saturated heterocycles. The van der Waals surface area contributed by atoms with Crippen LogP contribution in [0.1, 0.15) is 11.1 Å². The molecule has 116 valence electrons. The van der Waals surface area contributed by atoms with Crippen LogP contribution in [0.25, 0.3) is 33.5 Å². The zero-order valence-corrected chi connectivity index (χ0v) is 13.8. The van der Waals surface area contributed by atoms with E-state index in [0.717, 1.165) is 33.5 Å². The summed E-state index contributed by atoms with van der Waals surface area (Å²) in [6, 6.07) is 24.9. The molecule has 0 aliphatic rings. The maximum Gasteiger partial charge on any atom is 0.0975 e. The SMILES string of the molecule is Cc1ccc(-c2nc3ccccc3nc2-c2ccccc2C)cc1. The Balaban J connectivity index is 2.04. The van der Waals surface area contributed by atoms with Crippen LogP contribution in [-0.4, -0.2) is 9.97 Å². The van der Waals surface area contributed by atoms with E-state index >= 15 is 0 Å². The lowest BCUT2D eigenvalue weighted by Gasteiger charge is -2.12. The molecule has 4 aromatic rings. The summed E-state index contributed by atoms with van der Waals surface area (Å²) < 4.78 is 0. The molecule has 2 nitrogen and oxygen atoms in total. The zero-order valence-electron chi connectivity index (χ0n) is 13.8. The molecule has 0 unspecified atom stereocenters. The Hall–Kier alpha value is -3.00. The summed E-state index contributed by atoms with van der Waals surface area (Å²) >= 11 is 0. The molecule has 0 aliphatic carbocycles. The molecule has 0 amide bonds. The first-order valence-corrected chi connectivity index (χ1v) is 8.12. The van der Waals surface area contributed by atoms with E-state index in [1.54, 1.807) is 0 Å². The highest BCUT2D eigenvalue weighted by Gasteiger charge is 2.14. The molecular weight excluding hydrogens is 292 g/mol. The molecule has 24 heavy (non-hydrogen) atoms. The number of aryl methyl sites for hydroxylation is 2. The summed E-state index contributed by atoms with van der Waals surface area (Å²) in [4.78, 5) is 9.87. The van der Waals surface area contributed by atoms with Crippen LogP contribution < -0.4 is 0 Å². The van der Waals surface area contributed by atoms with Gasteiger partial charge in [-0.15, -0.1) is 0 Å². The van der Waals surface area contributed by atoms with E-state index in [1.165, 1.54) is 11.1 Å². The van der Waals surface area contributed by atoms with Crippen molar-refractivity contribution in [1.29, 1.82) is 0 Å². The van der Waals surface area contributed by atoms with Gasteiger partial charge in [-0.05, 0) is 31.5 Å². The van der Waals surface area contributed by atoms with Crippen LogP contribution in [0, 0.1) is 13.8 Å². The Morgan fingerprint density at radius 2 is 1.17 bits per heavy atom. The van der Waals surface area contributed by atoms with E-state index in [9.17, 15) is 0 Å². The van der Waals surface area contributed by atoms with E-state index in [1.807, 2.05) is 24.3 Å². The van der Waals surface area contributed by atoms with Crippen LogP contribution in [0.15, 0.2) is 72.8 Å². The lowest BCUT2D eigenvalue weighted by atomic mass is 9.99. The highest BCUT2D eigenvalue weighted by molar-refractivity contribution is 5.86. The molecule has 0 N–H and O–H groups in total. The average molecular weight is 310 g/mol. The van der Waals surface area contributed by atoms with Gasteiger partial charge in [-0.25, -0.2) is 9.97 Å². The molecule has 3 aromatic carbocycles. The van der Waals surface area contributed by atoms with Crippen molar-refractivity contribution in [3.8, 4) is 22.5 Å². The van der Waals surface area contributed by atoms with Crippen LogP contribution in [0.3, 0.4) is 0 Å². The normalized spacial score (nSPS) is 10.9. The van der Waals surface area contributed by atoms with Gasteiger partial charge in [0.1, 0.15) is 0 Å². The van der Waals surface area contributed by atoms with Crippen molar-refractivity contribution >= 4 is 11.0 Å². The molecule has 0 bridgehead atoms. The zero-order chi connectivity index (χ0) is 16.5. The topological polar surface area (TPSA) is 25.8 Å². The molecule has 0 fully saturated rings. The van der Waals surface area contributed by atoms with Gasteiger partial charge in [-0.1, -0.05) is 66.2 Å². The number of benzene rings is 3. The quantitative estimate of drug-likeness (QED) is 0.483. The van der Waals surface area contributed by atoms with Crippen LogP contribution in [0.5, 0.6) is 0 Å². The van der Waals surface area contributed by atoms with Gasteiger partial charge in [0.15, 0.2) is 0 Å². The third kappa shape index (κ3) is 2.56. The summed E-state index contributed by atoms with van der Waals surface area (Å²) in [5, 5.41) is 0. The first kappa shape index (κ1) is 14.6. The molecule has 2 heteroatoms. The number of nitrogens with zero attached hydrogens (tertiary/aromatic N) is 2. The Kier molecular flexibility index (Phi) is 3.58. The third-order valence-electron chi connectivity index (χ3n) is 4.30. The second kappa shape index (κ2) is 5.89. The fraction of sp³-hybridized carbons (Fsp3) is 0.0909. The van der Waals surface area contributed by atoms with E-state index < -0.39 is 0 Å². The second-order valence-electron chi connectivity index (χ2n) is 6.09. The lowest BCUT2D eigenvalue weighted by molar-refractivity contribution is 1.28. The van der Waals surface area contributed by atoms with Gasteiger partial charge in [0, 0.05) is 11.1 Å². The number of rotatable bonds is 2. The summed E-state index contributed by atoms with van der Waals surface area (Å²) in [5.74, 6) is 0. The largest absolute Gasteiger partial charge is 0.244 e. The highest BCUT2D eigenvalue weighted by atomic mass is 14.8. The Bertz CT molecular complexity index is 1020. The number of fused-ring (bicyclic) bond motifs is 1. The van der Waals surface area contributed by atoms with Crippen molar-refractivity contribution in [1.82, 2.24) is 9.97 Å².